The van der Waals surface area contributed by atoms with Gasteiger partial charge in [0.05, 0.1) is 43.8 Å². The standard InChI is InChI=1S/C32H42N4O6/c1-22(2)24(21-37)36-28-31(40)34(15-14-33-16-18-41-19-17-33)13-7-11-32(28)27(30(36)39)26-25(42-32)10-6-12-35(29(26)38)20-23-8-4-3-5-9-23/h3-11,22,24-28,37H,12-21H2,1-2H3/t24-,25-,26+,27-,28?,32-/m0/s1. The van der Waals surface area contributed by atoms with Gasteiger partial charge in [-0.05, 0) is 11.5 Å². The maximum Gasteiger partial charge on any atom is 0.249 e. The van der Waals surface area contributed by atoms with E-state index in [2.05, 4.69) is 4.90 Å². The molecule has 3 fully saturated rings. The van der Waals surface area contributed by atoms with Crippen molar-refractivity contribution in [1.29, 1.82) is 0 Å². The van der Waals surface area contributed by atoms with Crippen molar-refractivity contribution in [2.24, 2.45) is 17.8 Å². The van der Waals surface area contributed by atoms with Crippen LogP contribution in [-0.4, -0.2) is 125 Å². The first-order valence-electron chi connectivity index (χ1n) is 15.2. The van der Waals surface area contributed by atoms with E-state index < -0.39 is 35.6 Å². The molecule has 10 nitrogen and oxygen atoms in total. The monoisotopic (exact) mass is 578 g/mol. The van der Waals surface area contributed by atoms with Crippen molar-refractivity contribution in [1.82, 2.24) is 19.6 Å². The van der Waals surface area contributed by atoms with E-state index in [0.29, 0.717) is 45.9 Å². The van der Waals surface area contributed by atoms with Gasteiger partial charge in [-0.25, -0.2) is 0 Å². The molecule has 1 spiro atoms. The third kappa shape index (κ3) is 4.98. The number of aliphatic hydroxyl groups excluding tert-OH is 1. The highest BCUT2D eigenvalue weighted by atomic mass is 16.5. The van der Waals surface area contributed by atoms with Gasteiger partial charge >= 0.3 is 0 Å². The molecule has 42 heavy (non-hydrogen) atoms. The lowest BCUT2D eigenvalue weighted by molar-refractivity contribution is -0.152. The maximum absolute atomic E-state index is 14.5. The zero-order valence-corrected chi connectivity index (χ0v) is 24.5. The van der Waals surface area contributed by atoms with Crippen LogP contribution in [0.3, 0.4) is 0 Å². The fourth-order valence-electron chi connectivity index (χ4n) is 7.39. The van der Waals surface area contributed by atoms with Gasteiger partial charge in [0.1, 0.15) is 11.6 Å². The fraction of sp³-hybridized carbons (Fsp3) is 0.594. The van der Waals surface area contributed by atoms with Gasteiger partial charge in [-0.15, -0.1) is 0 Å². The maximum atomic E-state index is 14.5. The molecule has 3 saturated heterocycles. The molecule has 0 aromatic heterocycles. The Kier molecular flexibility index (Phi) is 8.24. The van der Waals surface area contributed by atoms with Gasteiger partial charge in [-0.2, -0.15) is 0 Å². The summed E-state index contributed by atoms with van der Waals surface area (Å²) >= 11 is 0. The number of fused-ring (bicyclic) bond motifs is 2. The molecule has 6 atom stereocenters. The molecule has 0 saturated carbocycles. The summed E-state index contributed by atoms with van der Waals surface area (Å²) < 4.78 is 12.2. The van der Waals surface area contributed by atoms with Crippen molar-refractivity contribution in [2.75, 3.05) is 59.1 Å². The molecule has 1 aromatic carbocycles. The molecule has 5 heterocycles. The number of aliphatic hydroxyl groups is 1. The molecule has 1 unspecified atom stereocenters. The number of carbonyl (C=O) groups is 3. The van der Waals surface area contributed by atoms with Crippen LogP contribution in [0.15, 0.2) is 54.6 Å². The van der Waals surface area contributed by atoms with Crippen molar-refractivity contribution < 1.29 is 29.0 Å². The highest BCUT2D eigenvalue weighted by Crippen LogP contribution is 2.54. The third-order valence-electron chi connectivity index (χ3n) is 9.58. The summed E-state index contributed by atoms with van der Waals surface area (Å²) in [5.74, 6) is -2.38. The summed E-state index contributed by atoms with van der Waals surface area (Å²) in [5, 5.41) is 10.5. The largest absolute Gasteiger partial charge is 0.394 e. The molecule has 6 rings (SSSR count). The Morgan fingerprint density at radius 1 is 0.952 bits per heavy atom. The summed E-state index contributed by atoms with van der Waals surface area (Å²) in [6, 6.07) is 8.25. The van der Waals surface area contributed by atoms with Crippen molar-refractivity contribution in [3.8, 4) is 0 Å². The highest BCUT2D eigenvalue weighted by Gasteiger charge is 2.72. The number of ether oxygens (including phenoxy) is 2. The fourth-order valence-corrected chi connectivity index (χ4v) is 7.39. The van der Waals surface area contributed by atoms with E-state index in [1.165, 1.54) is 0 Å². The molecule has 1 aromatic rings. The second kappa shape index (κ2) is 11.9. The molecule has 0 bridgehead atoms. The Balaban J connectivity index is 1.35. The van der Waals surface area contributed by atoms with Gasteiger partial charge in [-0.3, -0.25) is 19.3 Å². The predicted molar refractivity (Wildman–Crippen MR) is 155 cm³/mol. The number of benzene rings is 1. The van der Waals surface area contributed by atoms with Crippen molar-refractivity contribution in [3.63, 3.8) is 0 Å². The van der Waals surface area contributed by atoms with Gasteiger partial charge in [-0.1, -0.05) is 68.5 Å². The van der Waals surface area contributed by atoms with Crippen LogP contribution in [0.5, 0.6) is 0 Å². The van der Waals surface area contributed by atoms with Crippen LogP contribution < -0.4 is 0 Å². The molecular formula is C32H42N4O6. The minimum atomic E-state index is -1.30. The Labute approximate surface area is 247 Å². The van der Waals surface area contributed by atoms with Crippen molar-refractivity contribution >= 4 is 17.7 Å². The lowest BCUT2D eigenvalue weighted by Crippen LogP contribution is -2.59. The van der Waals surface area contributed by atoms with Crippen LogP contribution >= 0.6 is 0 Å². The summed E-state index contributed by atoms with van der Waals surface area (Å²) in [6.45, 7) is 9.02. The smallest absolute Gasteiger partial charge is 0.249 e. The van der Waals surface area contributed by atoms with E-state index in [9.17, 15) is 19.5 Å². The van der Waals surface area contributed by atoms with E-state index >= 15 is 0 Å². The van der Waals surface area contributed by atoms with Gasteiger partial charge in [0, 0.05) is 45.8 Å². The molecule has 3 amide bonds. The first-order chi connectivity index (χ1) is 20.4. The number of nitrogens with zero attached hydrogens (tertiary/aromatic N) is 4. The summed E-state index contributed by atoms with van der Waals surface area (Å²) in [6.07, 6.45) is 6.99. The average Bonchev–Trinajstić information content (AvgIpc) is 3.31. The number of carbonyl (C=O) groups excluding carboxylic acids is 3. The van der Waals surface area contributed by atoms with E-state index in [-0.39, 0.29) is 30.2 Å². The van der Waals surface area contributed by atoms with Gasteiger partial charge in [0.15, 0.2) is 0 Å². The molecular weight excluding hydrogens is 536 g/mol. The molecule has 1 N–H and O–H groups in total. The van der Waals surface area contributed by atoms with Gasteiger partial charge in [0.25, 0.3) is 0 Å². The lowest BCUT2D eigenvalue weighted by atomic mass is 9.77. The minimum absolute atomic E-state index is 0.105. The first kappa shape index (κ1) is 29.0. The topological polar surface area (TPSA) is 103 Å². The SMILES string of the molecule is CC(C)[C@H](CO)N1C(=O)[C@@H]2[C@@H]3C(=O)N(Cc4ccccc4)CC=C[C@@H]3O[C@@]23C=CCN(CCN2CCOCC2)C(=O)C13. The Hall–Kier alpha value is -3.05. The normalized spacial score (nSPS) is 32.2. The van der Waals surface area contributed by atoms with Crippen molar-refractivity contribution in [2.45, 2.75) is 44.2 Å². The molecule has 226 valence electrons. The zero-order valence-electron chi connectivity index (χ0n) is 24.5. The number of rotatable bonds is 8. The van der Waals surface area contributed by atoms with Gasteiger partial charge in [0.2, 0.25) is 17.7 Å². The van der Waals surface area contributed by atoms with E-state index in [0.717, 1.165) is 18.7 Å². The van der Waals surface area contributed by atoms with E-state index in [1.54, 1.807) is 14.7 Å². The number of morpholine rings is 1. The highest BCUT2D eigenvalue weighted by molar-refractivity contribution is 6.00. The number of hydrogen-bond acceptors (Lipinski definition) is 7. The zero-order chi connectivity index (χ0) is 29.4. The quantitative estimate of drug-likeness (QED) is 0.458. The third-order valence-corrected chi connectivity index (χ3v) is 9.58. The Bertz CT molecular complexity index is 1230. The molecule has 5 aliphatic rings. The van der Waals surface area contributed by atoms with Crippen LogP contribution in [0, 0.1) is 17.8 Å². The van der Waals surface area contributed by atoms with Crippen LogP contribution in [-0.2, 0) is 30.4 Å². The van der Waals surface area contributed by atoms with Crippen LogP contribution in [0.1, 0.15) is 19.4 Å². The number of amides is 3. The van der Waals surface area contributed by atoms with Crippen LogP contribution in [0.2, 0.25) is 0 Å². The number of hydrogen-bond donors (Lipinski definition) is 1. The summed E-state index contributed by atoms with van der Waals surface area (Å²) in [4.78, 5) is 50.6. The summed E-state index contributed by atoms with van der Waals surface area (Å²) in [7, 11) is 0. The molecule has 5 aliphatic heterocycles. The second-order valence-electron chi connectivity index (χ2n) is 12.4. The Morgan fingerprint density at radius 3 is 2.40 bits per heavy atom. The van der Waals surface area contributed by atoms with E-state index in [4.69, 9.17) is 9.47 Å². The molecule has 10 heteroatoms. The number of likely N-dealkylation sites (tertiary alicyclic amines) is 1. The van der Waals surface area contributed by atoms with Crippen LogP contribution in [0.4, 0.5) is 0 Å². The van der Waals surface area contributed by atoms with Crippen LogP contribution in [0.25, 0.3) is 0 Å². The predicted octanol–water partition coefficient (Wildman–Crippen LogP) is 0.913. The lowest BCUT2D eigenvalue weighted by Gasteiger charge is -2.40. The second-order valence-corrected chi connectivity index (χ2v) is 12.4. The summed E-state index contributed by atoms with van der Waals surface area (Å²) in [5.41, 5.74) is -0.292. The van der Waals surface area contributed by atoms with Crippen molar-refractivity contribution in [3.05, 3.63) is 60.2 Å². The Morgan fingerprint density at radius 2 is 1.69 bits per heavy atom. The van der Waals surface area contributed by atoms with Gasteiger partial charge < -0.3 is 29.3 Å². The average molecular weight is 579 g/mol. The molecule has 0 aliphatic carbocycles. The molecule has 0 radical (unpaired) electrons. The first-order valence-corrected chi connectivity index (χ1v) is 15.2. The van der Waals surface area contributed by atoms with E-state index in [1.807, 2.05) is 68.5 Å². The minimum Gasteiger partial charge on any atom is -0.394 e.